The van der Waals surface area contributed by atoms with Crippen molar-refractivity contribution >= 4 is 5.91 Å². The average molecular weight is 305 g/mol. The van der Waals surface area contributed by atoms with Gasteiger partial charge in [-0.25, -0.2) is 9.97 Å². The van der Waals surface area contributed by atoms with Gasteiger partial charge in [0.15, 0.2) is 0 Å². The van der Waals surface area contributed by atoms with E-state index < -0.39 is 24.6 Å². The zero-order valence-electron chi connectivity index (χ0n) is 11.3. The van der Waals surface area contributed by atoms with Crippen LogP contribution >= 0.6 is 0 Å². The molecule has 2 rings (SSSR count). The molecule has 1 aromatic heterocycles. The van der Waals surface area contributed by atoms with E-state index in [2.05, 4.69) is 9.97 Å². The van der Waals surface area contributed by atoms with Crippen LogP contribution in [0.25, 0.3) is 0 Å². The SMILES string of the molecule is COc1nccnc1OC1CCN(C(=O)CC(F)(F)F)C1. The Morgan fingerprint density at radius 1 is 1.38 bits per heavy atom. The minimum absolute atomic E-state index is 0.0919. The summed E-state index contributed by atoms with van der Waals surface area (Å²) in [6.45, 7) is 0.316. The Bertz CT molecular complexity index is 510. The van der Waals surface area contributed by atoms with Gasteiger partial charge in [0.2, 0.25) is 5.91 Å². The van der Waals surface area contributed by atoms with Gasteiger partial charge >= 0.3 is 6.18 Å². The molecule has 1 fully saturated rings. The molecule has 1 aliphatic heterocycles. The van der Waals surface area contributed by atoms with Gasteiger partial charge in [0, 0.05) is 25.4 Å². The third kappa shape index (κ3) is 4.20. The van der Waals surface area contributed by atoms with E-state index in [9.17, 15) is 18.0 Å². The lowest BCUT2D eigenvalue weighted by molar-refractivity contribution is -0.160. The quantitative estimate of drug-likeness (QED) is 0.841. The Labute approximate surface area is 118 Å². The molecule has 0 bridgehead atoms. The fraction of sp³-hybridized carbons (Fsp3) is 0.583. The first-order valence-corrected chi connectivity index (χ1v) is 6.25. The van der Waals surface area contributed by atoms with Crippen molar-refractivity contribution < 1.29 is 27.4 Å². The number of amides is 1. The highest BCUT2D eigenvalue weighted by atomic mass is 19.4. The number of aromatic nitrogens is 2. The largest absolute Gasteiger partial charge is 0.477 e. The Morgan fingerprint density at radius 2 is 2.05 bits per heavy atom. The lowest BCUT2D eigenvalue weighted by Crippen LogP contribution is -2.34. The molecule has 9 heteroatoms. The van der Waals surface area contributed by atoms with Crippen molar-refractivity contribution in [3.63, 3.8) is 0 Å². The predicted molar refractivity (Wildman–Crippen MR) is 64.9 cm³/mol. The summed E-state index contributed by atoms with van der Waals surface area (Å²) in [5.74, 6) is -0.590. The van der Waals surface area contributed by atoms with E-state index in [-0.39, 0.29) is 24.8 Å². The summed E-state index contributed by atoms with van der Waals surface area (Å²) in [5, 5.41) is 0. The minimum atomic E-state index is -4.50. The molecule has 116 valence electrons. The molecule has 0 saturated carbocycles. The van der Waals surface area contributed by atoms with E-state index in [1.807, 2.05) is 0 Å². The monoisotopic (exact) mass is 305 g/mol. The maximum Gasteiger partial charge on any atom is 0.397 e. The smallest absolute Gasteiger partial charge is 0.397 e. The minimum Gasteiger partial charge on any atom is -0.477 e. The van der Waals surface area contributed by atoms with Crippen molar-refractivity contribution in [3.05, 3.63) is 12.4 Å². The van der Waals surface area contributed by atoms with E-state index in [1.54, 1.807) is 0 Å². The first-order valence-electron chi connectivity index (χ1n) is 6.25. The number of carbonyl (C=O) groups excluding carboxylic acids is 1. The average Bonchev–Trinajstić information content (AvgIpc) is 2.86. The Morgan fingerprint density at radius 3 is 2.67 bits per heavy atom. The molecule has 2 heterocycles. The molecule has 21 heavy (non-hydrogen) atoms. The fourth-order valence-corrected chi connectivity index (χ4v) is 2.03. The number of halogens is 3. The van der Waals surface area contributed by atoms with Crippen LogP contribution in [0.2, 0.25) is 0 Å². The third-order valence-corrected chi connectivity index (χ3v) is 2.95. The standard InChI is InChI=1S/C12H14F3N3O3/c1-20-10-11(17-4-3-16-10)21-8-2-5-18(7-8)9(19)6-12(13,14)15/h3-4,8H,2,5-7H2,1H3. The summed E-state index contributed by atoms with van der Waals surface area (Å²) in [7, 11) is 1.41. The zero-order valence-corrected chi connectivity index (χ0v) is 11.3. The van der Waals surface area contributed by atoms with Crippen LogP contribution in [0, 0.1) is 0 Å². The second kappa shape index (κ2) is 6.15. The van der Waals surface area contributed by atoms with Gasteiger partial charge in [-0.1, -0.05) is 0 Å². The van der Waals surface area contributed by atoms with E-state index in [0.717, 1.165) is 4.90 Å². The summed E-state index contributed by atoms with van der Waals surface area (Å²) in [6.07, 6.45) is -3.09. The van der Waals surface area contributed by atoms with Crippen molar-refractivity contribution in [1.29, 1.82) is 0 Å². The maximum atomic E-state index is 12.2. The fourth-order valence-electron chi connectivity index (χ4n) is 2.03. The molecule has 1 amide bonds. The van der Waals surface area contributed by atoms with Gasteiger partial charge < -0.3 is 14.4 Å². The molecule has 1 aromatic rings. The number of alkyl halides is 3. The van der Waals surface area contributed by atoms with E-state index in [1.165, 1.54) is 19.5 Å². The molecule has 0 aliphatic carbocycles. The predicted octanol–water partition coefficient (Wildman–Crippen LogP) is 1.42. The van der Waals surface area contributed by atoms with Crippen LogP contribution in [0.15, 0.2) is 12.4 Å². The van der Waals surface area contributed by atoms with Crippen molar-refractivity contribution in [2.45, 2.75) is 25.1 Å². The molecule has 1 saturated heterocycles. The second-order valence-corrected chi connectivity index (χ2v) is 4.53. The molecule has 0 radical (unpaired) electrons. The van der Waals surface area contributed by atoms with E-state index in [0.29, 0.717) is 6.42 Å². The van der Waals surface area contributed by atoms with Crippen molar-refractivity contribution in [2.24, 2.45) is 0 Å². The third-order valence-electron chi connectivity index (χ3n) is 2.95. The molecule has 1 aliphatic rings. The highest BCUT2D eigenvalue weighted by molar-refractivity contribution is 5.77. The number of carbonyl (C=O) groups is 1. The molecule has 0 N–H and O–H groups in total. The van der Waals surface area contributed by atoms with Crippen LogP contribution in [-0.4, -0.2) is 53.3 Å². The van der Waals surface area contributed by atoms with Gasteiger partial charge in [-0.05, 0) is 0 Å². The summed E-state index contributed by atoms with van der Waals surface area (Å²) in [6, 6.07) is 0. The van der Waals surface area contributed by atoms with Crippen LogP contribution < -0.4 is 9.47 Å². The van der Waals surface area contributed by atoms with Crippen molar-refractivity contribution in [1.82, 2.24) is 14.9 Å². The summed E-state index contributed by atoms with van der Waals surface area (Å²) in [5.41, 5.74) is 0. The van der Waals surface area contributed by atoms with Crippen LogP contribution in [0.1, 0.15) is 12.8 Å². The van der Waals surface area contributed by atoms with Gasteiger partial charge in [0.25, 0.3) is 11.8 Å². The zero-order chi connectivity index (χ0) is 15.5. The normalized spacial score (nSPS) is 18.7. The molecule has 0 aromatic carbocycles. The summed E-state index contributed by atoms with van der Waals surface area (Å²) < 4.78 is 47.1. The number of methoxy groups -OCH3 is 1. The van der Waals surface area contributed by atoms with Crippen molar-refractivity contribution in [3.8, 4) is 11.8 Å². The number of ether oxygens (including phenoxy) is 2. The first-order chi connectivity index (χ1) is 9.89. The van der Waals surface area contributed by atoms with Gasteiger partial charge in [-0.2, -0.15) is 13.2 Å². The number of nitrogens with zero attached hydrogens (tertiary/aromatic N) is 3. The molecular formula is C12H14F3N3O3. The topological polar surface area (TPSA) is 64.6 Å². The van der Waals surface area contributed by atoms with Crippen LogP contribution in [0.5, 0.6) is 11.8 Å². The number of hydrogen-bond donors (Lipinski definition) is 0. The molecule has 0 spiro atoms. The summed E-state index contributed by atoms with van der Waals surface area (Å²) in [4.78, 5) is 20.5. The van der Waals surface area contributed by atoms with Gasteiger partial charge in [0.1, 0.15) is 12.5 Å². The van der Waals surface area contributed by atoms with Crippen LogP contribution in [0.4, 0.5) is 13.2 Å². The molecule has 1 unspecified atom stereocenters. The van der Waals surface area contributed by atoms with E-state index >= 15 is 0 Å². The Kier molecular flexibility index (Phi) is 4.49. The number of likely N-dealkylation sites (tertiary alicyclic amines) is 1. The first kappa shape index (κ1) is 15.3. The molecule has 6 nitrogen and oxygen atoms in total. The summed E-state index contributed by atoms with van der Waals surface area (Å²) >= 11 is 0. The maximum absolute atomic E-state index is 12.2. The molecular weight excluding hydrogens is 291 g/mol. The highest BCUT2D eigenvalue weighted by Gasteiger charge is 2.36. The van der Waals surface area contributed by atoms with Gasteiger partial charge in [-0.15, -0.1) is 0 Å². The van der Waals surface area contributed by atoms with E-state index in [4.69, 9.17) is 9.47 Å². The molecule has 1 atom stereocenters. The lowest BCUT2D eigenvalue weighted by Gasteiger charge is -2.18. The number of hydrogen-bond acceptors (Lipinski definition) is 5. The Balaban J connectivity index is 1.92. The lowest BCUT2D eigenvalue weighted by atomic mass is 10.3. The number of rotatable bonds is 4. The second-order valence-electron chi connectivity index (χ2n) is 4.53. The van der Waals surface area contributed by atoms with Gasteiger partial charge in [0.05, 0.1) is 13.7 Å². The van der Waals surface area contributed by atoms with Crippen molar-refractivity contribution in [2.75, 3.05) is 20.2 Å². The van der Waals surface area contributed by atoms with Gasteiger partial charge in [-0.3, -0.25) is 4.79 Å². The van der Waals surface area contributed by atoms with Crippen LogP contribution in [-0.2, 0) is 4.79 Å². The Hall–Kier alpha value is -2.06. The highest BCUT2D eigenvalue weighted by Crippen LogP contribution is 2.26. The van der Waals surface area contributed by atoms with Crippen LogP contribution in [0.3, 0.4) is 0 Å².